The van der Waals surface area contributed by atoms with Gasteiger partial charge in [-0.3, -0.25) is 4.79 Å². The second kappa shape index (κ2) is 6.93. The second-order valence-electron chi connectivity index (χ2n) is 7.96. The lowest BCUT2D eigenvalue weighted by Gasteiger charge is -2.29. The molecule has 1 amide bonds. The molecule has 0 saturated heterocycles. The van der Waals surface area contributed by atoms with E-state index in [4.69, 9.17) is 4.74 Å². The maximum absolute atomic E-state index is 15.1. The molecular formula is C19H22F3NO4S. The molecule has 0 aromatic heterocycles. The fourth-order valence-electron chi connectivity index (χ4n) is 3.56. The van der Waals surface area contributed by atoms with Crippen molar-refractivity contribution in [2.24, 2.45) is 0 Å². The van der Waals surface area contributed by atoms with E-state index >= 15 is 4.39 Å². The molecule has 9 heteroatoms. The lowest BCUT2D eigenvalue weighted by molar-refractivity contribution is -0.0584. The van der Waals surface area contributed by atoms with Crippen LogP contribution in [0.4, 0.5) is 13.2 Å². The smallest absolute Gasteiger partial charge is 0.267 e. The van der Waals surface area contributed by atoms with Crippen LogP contribution in [0.5, 0.6) is 5.75 Å². The predicted molar refractivity (Wildman–Crippen MR) is 95.6 cm³/mol. The predicted octanol–water partition coefficient (Wildman–Crippen LogP) is 3.88. The highest BCUT2D eigenvalue weighted by atomic mass is 32.2. The van der Waals surface area contributed by atoms with Gasteiger partial charge in [0.1, 0.15) is 11.6 Å². The van der Waals surface area contributed by atoms with Crippen LogP contribution in [0.1, 0.15) is 73.2 Å². The summed E-state index contributed by atoms with van der Waals surface area (Å²) in [5.41, 5.74) is -0.0949. The van der Waals surface area contributed by atoms with Crippen molar-refractivity contribution < 1.29 is 31.1 Å². The van der Waals surface area contributed by atoms with Crippen LogP contribution in [-0.2, 0) is 10.0 Å². The quantitative estimate of drug-likeness (QED) is 0.763. The summed E-state index contributed by atoms with van der Waals surface area (Å²) in [4.78, 5) is 12.3. The summed E-state index contributed by atoms with van der Waals surface area (Å²) in [6.07, 6.45) is 1.87. The molecule has 0 heterocycles. The van der Waals surface area contributed by atoms with Crippen LogP contribution in [0, 0.1) is 5.82 Å². The van der Waals surface area contributed by atoms with Gasteiger partial charge in [-0.25, -0.2) is 26.3 Å². The van der Waals surface area contributed by atoms with Crippen molar-refractivity contribution in [3.05, 3.63) is 29.1 Å². The number of hydrogen-bond donors (Lipinski definition) is 1. The number of amides is 1. The maximum Gasteiger partial charge on any atom is 0.267 e. The molecule has 4 rings (SSSR count). The molecule has 28 heavy (non-hydrogen) atoms. The minimum absolute atomic E-state index is 0.104. The van der Waals surface area contributed by atoms with E-state index in [9.17, 15) is 22.0 Å². The summed E-state index contributed by atoms with van der Waals surface area (Å²) in [7, 11) is -3.78. The van der Waals surface area contributed by atoms with Gasteiger partial charge in [0, 0.05) is 18.4 Å². The summed E-state index contributed by atoms with van der Waals surface area (Å²) < 4.78 is 73.4. The lowest BCUT2D eigenvalue weighted by Crippen LogP contribution is -2.34. The largest absolute Gasteiger partial charge is 0.490 e. The number of ether oxygens (including phenoxy) is 1. The Bertz CT molecular complexity index is 885. The standard InChI is InChI=1S/C19H22F3NO4S/c20-17-14(18(24)23-28(25,26)13-3-4-13)5-6-15(16(17)11-1-2-11)27-12-7-9-19(21,22)10-8-12/h5-6,11-13H,1-4,7-10H2,(H,23,24). The van der Waals surface area contributed by atoms with Crippen LogP contribution in [0.3, 0.4) is 0 Å². The van der Waals surface area contributed by atoms with Gasteiger partial charge in [0.25, 0.3) is 5.91 Å². The van der Waals surface area contributed by atoms with E-state index in [1.165, 1.54) is 12.1 Å². The average molecular weight is 417 g/mol. The Labute approximate surface area is 161 Å². The molecule has 0 unspecified atom stereocenters. The molecule has 3 aliphatic carbocycles. The first kappa shape index (κ1) is 19.5. The van der Waals surface area contributed by atoms with Crippen LogP contribution in [-0.4, -0.2) is 31.6 Å². The Morgan fingerprint density at radius 1 is 1.07 bits per heavy atom. The second-order valence-corrected chi connectivity index (χ2v) is 9.92. The SMILES string of the molecule is O=C(NS(=O)(=O)C1CC1)c1ccc(OC2CCC(F)(F)CC2)c(C2CC2)c1F. The first-order valence-corrected chi connectivity index (χ1v) is 11.1. The fourth-order valence-corrected chi connectivity index (χ4v) is 4.85. The molecule has 1 aromatic rings. The number of hydrogen-bond acceptors (Lipinski definition) is 4. The summed E-state index contributed by atoms with van der Waals surface area (Å²) in [6.45, 7) is 0. The van der Waals surface area contributed by atoms with Crippen molar-refractivity contribution in [3.63, 3.8) is 0 Å². The molecule has 0 atom stereocenters. The summed E-state index contributed by atoms with van der Waals surface area (Å²) >= 11 is 0. The van der Waals surface area contributed by atoms with Crippen molar-refractivity contribution in [3.8, 4) is 5.75 Å². The molecule has 5 nitrogen and oxygen atoms in total. The fraction of sp³-hybridized carbons (Fsp3) is 0.632. The highest BCUT2D eigenvalue weighted by molar-refractivity contribution is 7.91. The summed E-state index contributed by atoms with van der Waals surface area (Å²) in [6, 6.07) is 2.65. The lowest BCUT2D eigenvalue weighted by atomic mass is 9.94. The zero-order valence-electron chi connectivity index (χ0n) is 15.2. The van der Waals surface area contributed by atoms with Gasteiger partial charge in [-0.15, -0.1) is 0 Å². The zero-order chi connectivity index (χ0) is 20.1. The Morgan fingerprint density at radius 2 is 1.71 bits per heavy atom. The van der Waals surface area contributed by atoms with Gasteiger partial charge in [-0.1, -0.05) is 0 Å². The van der Waals surface area contributed by atoms with E-state index in [1.807, 2.05) is 4.72 Å². The molecule has 0 radical (unpaired) electrons. The number of sulfonamides is 1. The minimum Gasteiger partial charge on any atom is -0.490 e. The zero-order valence-corrected chi connectivity index (χ0v) is 16.0. The number of benzene rings is 1. The van der Waals surface area contributed by atoms with E-state index in [0.717, 1.165) is 12.8 Å². The van der Waals surface area contributed by atoms with Crippen molar-refractivity contribution in [2.45, 2.75) is 74.6 Å². The number of alkyl halides is 2. The summed E-state index contributed by atoms with van der Waals surface area (Å²) in [5.74, 6) is -4.30. The van der Waals surface area contributed by atoms with Crippen LogP contribution < -0.4 is 9.46 Å². The van der Waals surface area contributed by atoms with Crippen molar-refractivity contribution in [1.29, 1.82) is 0 Å². The number of rotatable bonds is 6. The molecule has 0 aliphatic heterocycles. The molecule has 1 N–H and O–H groups in total. The third-order valence-electron chi connectivity index (χ3n) is 5.53. The Hall–Kier alpha value is -1.77. The number of carbonyl (C=O) groups excluding carboxylic acids is 1. The first-order valence-electron chi connectivity index (χ1n) is 9.59. The van der Waals surface area contributed by atoms with Gasteiger partial charge in [-0.05, 0) is 56.6 Å². The maximum atomic E-state index is 15.1. The van der Waals surface area contributed by atoms with E-state index in [0.29, 0.717) is 12.8 Å². The molecule has 3 saturated carbocycles. The molecule has 3 fully saturated rings. The Morgan fingerprint density at radius 3 is 2.29 bits per heavy atom. The van der Waals surface area contributed by atoms with E-state index in [2.05, 4.69) is 0 Å². The highest BCUT2D eigenvalue weighted by Crippen LogP contribution is 2.47. The van der Waals surface area contributed by atoms with Crippen LogP contribution in [0.25, 0.3) is 0 Å². The van der Waals surface area contributed by atoms with Gasteiger partial charge >= 0.3 is 0 Å². The number of halogens is 3. The average Bonchev–Trinajstić information content (AvgIpc) is 3.48. The third-order valence-corrected chi connectivity index (χ3v) is 7.34. The molecule has 0 bridgehead atoms. The van der Waals surface area contributed by atoms with E-state index in [1.54, 1.807) is 0 Å². The molecule has 154 valence electrons. The minimum atomic E-state index is -3.78. The van der Waals surface area contributed by atoms with Gasteiger partial charge in [-0.2, -0.15) is 0 Å². The molecule has 0 spiro atoms. The van der Waals surface area contributed by atoms with E-state index < -0.39 is 39.0 Å². The van der Waals surface area contributed by atoms with Gasteiger partial charge in [0.15, 0.2) is 0 Å². The number of carbonyl (C=O) groups is 1. The third kappa shape index (κ3) is 4.14. The number of nitrogens with one attached hydrogen (secondary N) is 1. The van der Waals surface area contributed by atoms with Gasteiger partial charge in [0.2, 0.25) is 15.9 Å². The van der Waals surface area contributed by atoms with E-state index in [-0.39, 0.29) is 48.5 Å². The normalized spacial score (nSPS) is 22.7. The van der Waals surface area contributed by atoms with Crippen molar-refractivity contribution in [2.75, 3.05) is 0 Å². The van der Waals surface area contributed by atoms with Crippen molar-refractivity contribution >= 4 is 15.9 Å². The van der Waals surface area contributed by atoms with Crippen molar-refractivity contribution in [1.82, 2.24) is 4.72 Å². The molecule has 1 aromatic carbocycles. The van der Waals surface area contributed by atoms with Crippen LogP contribution in [0.15, 0.2) is 12.1 Å². The van der Waals surface area contributed by atoms with Gasteiger partial charge < -0.3 is 4.74 Å². The Kier molecular flexibility index (Phi) is 4.84. The first-order chi connectivity index (χ1) is 13.2. The summed E-state index contributed by atoms with van der Waals surface area (Å²) in [5, 5.41) is -0.588. The monoisotopic (exact) mass is 417 g/mol. The topological polar surface area (TPSA) is 72.5 Å². The highest BCUT2D eigenvalue weighted by Gasteiger charge is 2.39. The van der Waals surface area contributed by atoms with Gasteiger partial charge in [0.05, 0.1) is 16.9 Å². The Balaban J connectivity index is 1.54. The molecular weight excluding hydrogens is 395 g/mol. The van der Waals surface area contributed by atoms with Crippen LogP contribution in [0.2, 0.25) is 0 Å². The molecule has 3 aliphatic rings. The van der Waals surface area contributed by atoms with Crippen LogP contribution >= 0.6 is 0 Å².